The van der Waals surface area contributed by atoms with E-state index in [1.165, 1.54) is 35.2 Å². The molecule has 0 aliphatic rings. The monoisotopic (exact) mass is 465 g/mol. The number of esters is 1. The Balaban J connectivity index is 1.47. The minimum atomic E-state index is -0.508. The SMILES string of the molecule is Cc1c(C(=O)OCCc2ccccc2)sc2ncn(CC(=O)Nc3ccc(F)cc3)c(=O)c12. The van der Waals surface area contributed by atoms with E-state index in [0.717, 1.165) is 16.9 Å². The van der Waals surface area contributed by atoms with Crippen LogP contribution in [-0.4, -0.2) is 28.0 Å². The van der Waals surface area contributed by atoms with Gasteiger partial charge in [0, 0.05) is 12.1 Å². The number of aromatic nitrogens is 2. The van der Waals surface area contributed by atoms with Gasteiger partial charge in [-0.05, 0) is 42.3 Å². The van der Waals surface area contributed by atoms with Gasteiger partial charge in [0.15, 0.2) is 0 Å². The third-order valence-electron chi connectivity index (χ3n) is 5.01. The molecule has 0 saturated carbocycles. The molecule has 0 radical (unpaired) electrons. The Kier molecular flexibility index (Phi) is 6.60. The van der Waals surface area contributed by atoms with Crippen LogP contribution >= 0.6 is 11.3 Å². The number of fused-ring (bicyclic) bond motifs is 1. The summed E-state index contributed by atoms with van der Waals surface area (Å²) in [7, 11) is 0. The van der Waals surface area contributed by atoms with Crippen LogP contribution in [0, 0.1) is 12.7 Å². The number of carbonyl (C=O) groups is 2. The lowest BCUT2D eigenvalue weighted by molar-refractivity contribution is -0.116. The van der Waals surface area contributed by atoms with Crippen molar-refractivity contribution in [1.82, 2.24) is 9.55 Å². The maximum absolute atomic E-state index is 13.0. The number of anilines is 1. The van der Waals surface area contributed by atoms with E-state index in [-0.39, 0.29) is 18.5 Å². The Hall–Kier alpha value is -3.85. The predicted octanol–water partition coefficient (Wildman–Crippen LogP) is 3.94. The van der Waals surface area contributed by atoms with Crippen molar-refractivity contribution in [3.05, 3.63) is 93.1 Å². The minimum Gasteiger partial charge on any atom is -0.461 e. The van der Waals surface area contributed by atoms with Gasteiger partial charge >= 0.3 is 5.97 Å². The van der Waals surface area contributed by atoms with Crippen LogP contribution in [0.15, 0.2) is 65.7 Å². The average molecular weight is 466 g/mol. The van der Waals surface area contributed by atoms with Gasteiger partial charge in [0.2, 0.25) is 5.91 Å². The van der Waals surface area contributed by atoms with E-state index in [9.17, 15) is 18.8 Å². The lowest BCUT2D eigenvalue weighted by atomic mass is 10.2. The molecule has 7 nitrogen and oxygen atoms in total. The van der Waals surface area contributed by atoms with Gasteiger partial charge in [0.25, 0.3) is 5.56 Å². The molecule has 2 aromatic heterocycles. The molecule has 33 heavy (non-hydrogen) atoms. The zero-order valence-electron chi connectivity index (χ0n) is 17.7. The van der Waals surface area contributed by atoms with Gasteiger partial charge in [-0.3, -0.25) is 14.2 Å². The smallest absolute Gasteiger partial charge is 0.348 e. The van der Waals surface area contributed by atoms with Crippen molar-refractivity contribution in [3.63, 3.8) is 0 Å². The van der Waals surface area contributed by atoms with Crippen molar-refractivity contribution in [1.29, 1.82) is 0 Å². The summed E-state index contributed by atoms with van der Waals surface area (Å²) in [5.41, 5.74) is 1.52. The fraction of sp³-hybridized carbons (Fsp3) is 0.167. The predicted molar refractivity (Wildman–Crippen MR) is 124 cm³/mol. The van der Waals surface area contributed by atoms with Crippen molar-refractivity contribution >= 4 is 39.1 Å². The molecule has 2 aromatic carbocycles. The third-order valence-corrected chi connectivity index (χ3v) is 6.19. The highest BCUT2D eigenvalue weighted by Gasteiger charge is 2.21. The van der Waals surface area contributed by atoms with Gasteiger partial charge in [0.05, 0.1) is 18.3 Å². The van der Waals surface area contributed by atoms with E-state index in [1.54, 1.807) is 6.92 Å². The summed E-state index contributed by atoms with van der Waals surface area (Å²) in [5, 5.41) is 2.89. The van der Waals surface area contributed by atoms with Crippen LogP contribution in [0.3, 0.4) is 0 Å². The lowest BCUT2D eigenvalue weighted by Crippen LogP contribution is -2.27. The molecule has 2 heterocycles. The molecule has 1 amide bonds. The lowest BCUT2D eigenvalue weighted by Gasteiger charge is -2.07. The number of nitrogens with one attached hydrogen (secondary N) is 1. The van der Waals surface area contributed by atoms with Crippen molar-refractivity contribution in [2.45, 2.75) is 19.9 Å². The topological polar surface area (TPSA) is 90.3 Å². The second-order valence-corrected chi connectivity index (χ2v) is 8.34. The normalized spacial score (nSPS) is 10.8. The fourth-order valence-corrected chi connectivity index (χ4v) is 4.36. The number of aryl methyl sites for hydroxylation is 1. The number of nitrogens with zero attached hydrogens (tertiary/aromatic N) is 2. The number of ether oxygens (including phenoxy) is 1. The van der Waals surface area contributed by atoms with Gasteiger partial charge < -0.3 is 10.1 Å². The summed E-state index contributed by atoms with van der Waals surface area (Å²) >= 11 is 1.09. The molecule has 0 spiro atoms. The van der Waals surface area contributed by atoms with E-state index in [4.69, 9.17) is 4.74 Å². The van der Waals surface area contributed by atoms with Crippen LogP contribution < -0.4 is 10.9 Å². The van der Waals surface area contributed by atoms with Gasteiger partial charge in [-0.1, -0.05) is 30.3 Å². The van der Waals surface area contributed by atoms with Crippen LogP contribution in [0.1, 0.15) is 20.8 Å². The van der Waals surface area contributed by atoms with Gasteiger partial charge in [-0.25, -0.2) is 14.2 Å². The number of rotatable bonds is 7. The molecule has 0 aliphatic heterocycles. The average Bonchev–Trinajstić information content (AvgIpc) is 3.15. The first kappa shape index (κ1) is 22.3. The Bertz CT molecular complexity index is 1360. The van der Waals surface area contributed by atoms with Gasteiger partial charge in [-0.15, -0.1) is 11.3 Å². The van der Waals surface area contributed by atoms with Crippen molar-refractivity contribution < 1.29 is 18.7 Å². The fourth-order valence-electron chi connectivity index (χ4n) is 3.33. The third kappa shape index (κ3) is 5.15. The van der Waals surface area contributed by atoms with E-state index >= 15 is 0 Å². The number of hydrogen-bond donors (Lipinski definition) is 1. The summed E-state index contributed by atoms with van der Waals surface area (Å²) in [6, 6.07) is 15.0. The summed E-state index contributed by atoms with van der Waals surface area (Å²) in [4.78, 5) is 42.8. The number of amides is 1. The summed E-state index contributed by atoms with van der Waals surface area (Å²) in [6.45, 7) is 1.61. The minimum absolute atomic E-state index is 0.220. The van der Waals surface area contributed by atoms with Crippen LogP contribution in [0.25, 0.3) is 10.2 Å². The molecule has 9 heteroatoms. The molecule has 0 atom stereocenters. The van der Waals surface area contributed by atoms with Gasteiger partial charge in [0.1, 0.15) is 22.1 Å². The second kappa shape index (κ2) is 9.74. The second-order valence-electron chi connectivity index (χ2n) is 7.34. The standard InChI is InChI=1S/C24H20FN3O4S/c1-15-20-22(33-21(15)24(31)32-12-11-16-5-3-2-4-6-16)26-14-28(23(20)30)13-19(29)27-18-9-7-17(25)8-10-18/h2-10,14H,11-13H2,1H3,(H,27,29). The molecule has 0 saturated heterocycles. The molecule has 0 unspecified atom stereocenters. The number of carbonyl (C=O) groups excluding carboxylic acids is 2. The molecule has 4 aromatic rings. The highest BCUT2D eigenvalue weighted by atomic mass is 32.1. The largest absolute Gasteiger partial charge is 0.461 e. The number of halogens is 1. The molecular weight excluding hydrogens is 445 g/mol. The van der Waals surface area contributed by atoms with Crippen molar-refractivity contribution in [2.75, 3.05) is 11.9 Å². The first-order valence-electron chi connectivity index (χ1n) is 10.2. The van der Waals surface area contributed by atoms with E-state index in [2.05, 4.69) is 10.3 Å². The van der Waals surface area contributed by atoms with Crippen LogP contribution in [0.5, 0.6) is 0 Å². The zero-order valence-corrected chi connectivity index (χ0v) is 18.5. The Labute approximate surface area is 192 Å². The number of thiophene rings is 1. The molecule has 0 bridgehead atoms. The van der Waals surface area contributed by atoms with Crippen LogP contribution in [-0.2, 0) is 22.5 Å². The summed E-state index contributed by atoms with van der Waals surface area (Å²) < 4.78 is 19.6. The van der Waals surface area contributed by atoms with Crippen LogP contribution in [0.4, 0.5) is 10.1 Å². The first-order chi connectivity index (χ1) is 15.9. The quantitative estimate of drug-likeness (QED) is 0.418. The molecule has 168 valence electrons. The number of hydrogen-bond acceptors (Lipinski definition) is 6. The van der Waals surface area contributed by atoms with E-state index < -0.39 is 23.3 Å². The first-order valence-corrected chi connectivity index (χ1v) is 11.0. The molecular formula is C24H20FN3O4S. The molecule has 4 rings (SSSR count). The zero-order chi connectivity index (χ0) is 23.4. The van der Waals surface area contributed by atoms with E-state index in [1.807, 2.05) is 30.3 Å². The molecule has 0 fully saturated rings. The van der Waals surface area contributed by atoms with Crippen LogP contribution in [0.2, 0.25) is 0 Å². The maximum atomic E-state index is 13.0. The van der Waals surface area contributed by atoms with Gasteiger partial charge in [-0.2, -0.15) is 0 Å². The molecule has 0 aliphatic carbocycles. The number of benzene rings is 2. The summed E-state index contributed by atoms with van der Waals surface area (Å²) in [6.07, 6.45) is 1.86. The summed E-state index contributed by atoms with van der Waals surface area (Å²) in [5.74, 6) is -1.38. The molecule has 1 N–H and O–H groups in total. The van der Waals surface area contributed by atoms with E-state index in [0.29, 0.717) is 27.4 Å². The van der Waals surface area contributed by atoms with Crippen molar-refractivity contribution in [3.8, 4) is 0 Å². The highest BCUT2D eigenvalue weighted by Crippen LogP contribution is 2.27. The van der Waals surface area contributed by atoms with Crippen molar-refractivity contribution in [2.24, 2.45) is 0 Å². The Morgan fingerprint density at radius 2 is 1.85 bits per heavy atom. The Morgan fingerprint density at radius 1 is 1.12 bits per heavy atom. The highest BCUT2D eigenvalue weighted by molar-refractivity contribution is 7.20. The Morgan fingerprint density at radius 3 is 2.58 bits per heavy atom. The maximum Gasteiger partial charge on any atom is 0.348 e.